The van der Waals surface area contributed by atoms with E-state index in [0.29, 0.717) is 20.1 Å². The molecule has 0 aliphatic heterocycles. The van der Waals surface area contributed by atoms with Crippen LogP contribution in [0.25, 0.3) is 0 Å². The molecule has 0 radical (unpaired) electrons. The molecule has 1 aromatic rings. The molecule has 108 valence electrons. The van der Waals surface area contributed by atoms with Crippen molar-refractivity contribution in [2.45, 2.75) is 33.1 Å². The van der Waals surface area contributed by atoms with E-state index in [1.54, 1.807) is 6.07 Å². The fourth-order valence-electron chi connectivity index (χ4n) is 1.88. The van der Waals surface area contributed by atoms with Gasteiger partial charge >= 0.3 is 0 Å². The molecule has 0 bridgehead atoms. The van der Waals surface area contributed by atoms with E-state index in [0.717, 1.165) is 31.4 Å². The third kappa shape index (κ3) is 4.99. The molecule has 0 unspecified atom stereocenters. The summed E-state index contributed by atoms with van der Waals surface area (Å²) >= 11 is 24.4. The molecule has 0 amide bonds. The van der Waals surface area contributed by atoms with Gasteiger partial charge in [-0.15, -0.1) is 0 Å². The monoisotopic (exact) mass is 341 g/mol. The van der Waals surface area contributed by atoms with Crippen molar-refractivity contribution in [3.63, 3.8) is 0 Å². The lowest BCUT2D eigenvalue weighted by molar-refractivity contribution is 0.306. The summed E-state index contributed by atoms with van der Waals surface area (Å²) in [7, 11) is 1.96. The van der Waals surface area contributed by atoms with E-state index in [9.17, 15) is 0 Å². The molecule has 1 rings (SSSR count). The third-order valence-electron chi connectivity index (χ3n) is 3.31. The van der Waals surface area contributed by atoms with Crippen molar-refractivity contribution in [1.82, 2.24) is 5.32 Å². The second-order valence-electron chi connectivity index (χ2n) is 5.46. The molecule has 0 fully saturated rings. The van der Waals surface area contributed by atoms with Crippen LogP contribution >= 0.6 is 46.4 Å². The van der Waals surface area contributed by atoms with E-state index in [2.05, 4.69) is 19.2 Å². The average Bonchev–Trinajstić information content (AvgIpc) is 2.33. The van der Waals surface area contributed by atoms with Gasteiger partial charge in [0, 0.05) is 5.02 Å². The fraction of sp³-hybridized carbons (Fsp3) is 0.571. The van der Waals surface area contributed by atoms with Crippen LogP contribution in [-0.4, -0.2) is 13.6 Å². The maximum absolute atomic E-state index is 6.22. The first-order chi connectivity index (χ1) is 8.78. The SMILES string of the molecule is CNCCC(C)(C)CCc1c(Cl)cc(Cl)c(Cl)c1Cl. The van der Waals surface area contributed by atoms with Crippen molar-refractivity contribution in [3.05, 3.63) is 31.7 Å². The van der Waals surface area contributed by atoms with Crippen molar-refractivity contribution in [1.29, 1.82) is 0 Å². The average molecular weight is 343 g/mol. The van der Waals surface area contributed by atoms with Gasteiger partial charge in [-0.05, 0) is 49.9 Å². The summed E-state index contributed by atoms with van der Waals surface area (Å²) in [6.45, 7) is 5.48. The largest absolute Gasteiger partial charge is 0.320 e. The zero-order valence-electron chi connectivity index (χ0n) is 11.4. The Bertz CT molecular complexity index is 444. The van der Waals surface area contributed by atoms with E-state index in [4.69, 9.17) is 46.4 Å². The first kappa shape index (κ1) is 17.4. The van der Waals surface area contributed by atoms with E-state index in [-0.39, 0.29) is 5.41 Å². The van der Waals surface area contributed by atoms with Crippen LogP contribution in [0.4, 0.5) is 0 Å². The Morgan fingerprint density at radius 3 is 2.21 bits per heavy atom. The summed E-state index contributed by atoms with van der Waals surface area (Å²) < 4.78 is 0. The first-order valence-electron chi connectivity index (χ1n) is 6.25. The number of halogens is 4. The number of hydrogen-bond donors (Lipinski definition) is 1. The van der Waals surface area contributed by atoms with Crippen molar-refractivity contribution < 1.29 is 0 Å². The quantitative estimate of drug-likeness (QED) is 0.503. The van der Waals surface area contributed by atoms with Gasteiger partial charge in [0.2, 0.25) is 0 Å². The zero-order chi connectivity index (χ0) is 14.6. The Morgan fingerprint density at radius 1 is 1.00 bits per heavy atom. The van der Waals surface area contributed by atoms with E-state index < -0.39 is 0 Å². The van der Waals surface area contributed by atoms with Gasteiger partial charge in [0.1, 0.15) is 0 Å². The fourth-order valence-corrected chi connectivity index (χ4v) is 3.01. The molecule has 0 atom stereocenters. The summed E-state index contributed by atoms with van der Waals surface area (Å²) in [4.78, 5) is 0. The first-order valence-corrected chi connectivity index (χ1v) is 7.76. The van der Waals surface area contributed by atoms with Crippen molar-refractivity contribution in [2.24, 2.45) is 5.41 Å². The molecular formula is C14H19Cl4N. The highest BCUT2D eigenvalue weighted by molar-refractivity contribution is 6.49. The van der Waals surface area contributed by atoms with Gasteiger partial charge in [-0.1, -0.05) is 60.3 Å². The van der Waals surface area contributed by atoms with Crippen LogP contribution in [0.1, 0.15) is 32.3 Å². The maximum Gasteiger partial charge on any atom is 0.0782 e. The topological polar surface area (TPSA) is 12.0 Å². The van der Waals surface area contributed by atoms with Gasteiger partial charge in [-0.3, -0.25) is 0 Å². The highest BCUT2D eigenvalue weighted by Gasteiger charge is 2.20. The van der Waals surface area contributed by atoms with Gasteiger partial charge < -0.3 is 5.32 Å². The normalized spacial score (nSPS) is 11.9. The van der Waals surface area contributed by atoms with Gasteiger partial charge in [0.05, 0.1) is 15.1 Å². The number of hydrogen-bond acceptors (Lipinski definition) is 1. The summed E-state index contributed by atoms with van der Waals surface area (Å²) in [6.07, 6.45) is 2.89. The molecule has 1 nitrogen and oxygen atoms in total. The summed E-state index contributed by atoms with van der Waals surface area (Å²) in [6, 6.07) is 1.66. The zero-order valence-corrected chi connectivity index (χ0v) is 14.4. The molecule has 0 aliphatic rings. The van der Waals surface area contributed by atoms with Crippen LogP contribution in [-0.2, 0) is 6.42 Å². The Morgan fingerprint density at radius 2 is 1.63 bits per heavy atom. The molecule has 5 heteroatoms. The lowest BCUT2D eigenvalue weighted by Gasteiger charge is -2.25. The molecule has 19 heavy (non-hydrogen) atoms. The van der Waals surface area contributed by atoms with Gasteiger partial charge in [-0.2, -0.15) is 0 Å². The predicted octanol–water partition coefficient (Wildman–Crippen LogP) is 5.87. The Hall–Kier alpha value is 0.340. The van der Waals surface area contributed by atoms with Crippen LogP contribution in [0.3, 0.4) is 0 Å². The molecule has 0 saturated carbocycles. The van der Waals surface area contributed by atoms with Crippen LogP contribution in [0.2, 0.25) is 20.1 Å². The molecule has 0 heterocycles. The third-order valence-corrected chi connectivity index (χ3v) is 4.95. The molecular weight excluding hydrogens is 324 g/mol. The number of benzene rings is 1. The highest BCUT2D eigenvalue weighted by atomic mass is 35.5. The number of rotatable bonds is 6. The van der Waals surface area contributed by atoms with Crippen LogP contribution in [0.5, 0.6) is 0 Å². The molecule has 1 aromatic carbocycles. The Labute approximate surface area is 135 Å². The van der Waals surface area contributed by atoms with Crippen molar-refractivity contribution in [3.8, 4) is 0 Å². The summed E-state index contributed by atoms with van der Waals surface area (Å²) in [5.74, 6) is 0. The maximum atomic E-state index is 6.22. The van der Waals surface area contributed by atoms with Gasteiger partial charge in [-0.25, -0.2) is 0 Å². The second-order valence-corrected chi connectivity index (χ2v) is 7.03. The minimum atomic E-state index is 0.224. The lowest BCUT2D eigenvalue weighted by Crippen LogP contribution is -2.20. The van der Waals surface area contributed by atoms with E-state index >= 15 is 0 Å². The molecule has 0 aromatic heterocycles. The Balaban J connectivity index is 2.81. The van der Waals surface area contributed by atoms with Gasteiger partial charge in [0.25, 0.3) is 0 Å². The molecule has 1 N–H and O–H groups in total. The lowest BCUT2D eigenvalue weighted by atomic mass is 9.83. The minimum absolute atomic E-state index is 0.224. The van der Waals surface area contributed by atoms with Crippen LogP contribution < -0.4 is 5.32 Å². The van der Waals surface area contributed by atoms with Crippen LogP contribution in [0.15, 0.2) is 6.07 Å². The van der Waals surface area contributed by atoms with Crippen molar-refractivity contribution >= 4 is 46.4 Å². The van der Waals surface area contributed by atoms with E-state index in [1.165, 1.54) is 0 Å². The smallest absolute Gasteiger partial charge is 0.0782 e. The van der Waals surface area contributed by atoms with Gasteiger partial charge in [0.15, 0.2) is 0 Å². The molecule has 0 spiro atoms. The summed E-state index contributed by atoms with van der Waals surface area (Å²) in [5.41, 5.74) is 1.11. The predicted molar refractivity (Wildman–Crippen MR) is 87.1 cm³/mol. The standard InChI is InChI=1S/C14H19Cl4N/c1-14(2,6-7-19-3)5-4-9-10(15)8-11(16)13(18)12(9)17/h8,19H,4-7H2,1-3H3. The molecule has 0 aliphatic carbocycles. The highest BCUT2D eigenvalue weighted by Crippen LogP contribution is 2.39. The minimum Gasteiger partial charge on any atom is -0.320 e. The summed E-state index contributed by atoms with van der Waals surface area (Å²) in [5, 5.41) is 5.02. The van der Waals surface area contributed by atoms with Crippen molar-refractivity contribution in [2.75, 3.05) is 13.6 Å². The number of nitrogens with one attached hydrogen (secondary N) is 1. The van der Waals surface area contributed by atoms with E-state index in [1.807, 2.05) is 7.05 Å². The molecule has 0 saturated heterocycles. The second kappa shape index (κ2) is 7.38. The van der Waals surface area contributed by atoms with Crippen LogP contribution in [0, 0.1) is 5.41 Å². The Kier molecular flexibility index (Phi) is 6.75.